The van der Waals surface area contributed by atoms with Crippen LogP contribution in [-0.4, -0.2) is 23.1 Å². The molecule has 0 saturated carbocycles. The van der Waals surface area contributed by atoms with Crippen molar-refractivity contribution in [1.82, 2.24) is 0 Å². The predicted octanol–water partition coefficient (Wildman–Crippen LogP) is 1.65. The quantitative estimate of drug-likeness (QED) is 0.617. The fourth-order valence-corrected chi connectivity index (χ4v) is 1.11. The summed E-state index contributed by atoms with van der Waals surface area (Å²) < 4.78 is 5.08. The Balaban J connectivity index is 2.84. The Morgan fingerprint density at radius 1 is 1.47 bits per heavy atom. The average molecular weight is 209 g/mol. The number of aliphatic imine (C=N–C) groups is 1. The summed E-state index contributed by atoms with van der Waals surface area (Å²) in [5.74, 6) is -0.921. The normalized spacial score (nSPS) is 16.9. The molecule has 0 radical (unpaired) electrons. The van der Waals surface area contributed by atoms with Gasteiger partial charge in [0.2, 0.25) is 0 Å². The van der Waals surface area contributed by atoms with Crippen LogP contribution in [0, 0.1) is 0 Å². The van der Waals surface area contributed by atoms with Crippen molar-refractivity contribution in [2.24, 2.45) is 4.99 Å². The monoisotopic (exact) mass is 209 g/mol. The molecule has 0 aromatic rings. The standard InChI is InChI=1S/C11H15NO3/c1-7-5-6-8(13)9(12-7)10(14)15-11(2,3)4/h5H,6H2,1-4H3. The molecule has 1 aliphatic heterocycles. The summed E-state index contributed by atoms with van der Waals surface area (Å²) >= 11 is 0. The summed E-state index contributed by atoms with van der Waals surface area (Å²) in [6.07, 6.45) is 1.92. The molecular formula is C11H15NO3. The zero-order valence-electron chi connectivity index (χ0n) is 9.46. The molecule has 0 N–H and O–H groups in total. The number of rotatable bonds is 1. The number of esters is 1. The summed E-state index contributed by atoms with van der Waals surface area (Å²) in [6.45, 7) is 7.00. The molecule has 0 bridgehead atoms. The van der Waals surface area contributed by atoms with Crippen LogP contribution in [0.4, 0.5) is 0 Å². The van der Waals surface area contributed by atoms with Crippen LogP contribution in [-0.2, 0) is 14.3 Å². The molecule has 82 valence electrons. The first-order chi connectivity index (χ1) is 6.79. The second-order valence-electron chi connectivity index (χ2n) is 4.44. The Morgan fingerprint density at radius 3 is 2.60 bits per heavy atom. The van der Waals surface area contributed by atoms with E-state index >= 15 is 0 Å². The van der Waals surface area contributed by atoms with Gasteiger partial charge in [0.05, 0.1) is 0 Å². The van der Waals surface area contributed by atoms with Crippen molar-refractivity contribution in [3.8, 4) is 0 Å². The lowest BCUT2D eigenvalue weighted by molar-refractivity contribution is -0.146. The van der Waals surface area contributed by atoms with E-state index in [1.165, 1.54) is 0 Å². The van der Waals surface area contributed by atoms with Crippen LogP contribution in [0.15, 0.2) is 16.8 Å². The molecule has 0 saturated heterocycles. The molecule has 0 spiro atoms. The van der Waals surface area contributed by atoms with E-state index in [9.17, 15) is 9.59 Å². The van der Waals surface area contributed by atoms with Crippen LogP contribution in [0.5, 0.6) is 0 Å². The van der Waals surface area contributed by atoms with E-state index in [0.717, 1.165) is 0 Å². The minimum Gasteiger partial charge on any atom is -0.455 e. The van der Waals surface area contributed by atoms with E-state index in [0.29, 0.717) is 5.70 Å². The third-order valence-corrected chi connectivity index (χ3v) is 1.73. The zero-order chi connectivity index (χ0) is 11.6. The number of ether oxygens (including phenoxy) is 1. The average Bonchev–Trinajstić information content (AvgIpc) is 2.06. The molecule has 0 amide bonds. The maximum absolute atomic E-state index is 11.6. The van der Waals surface area contributed by atoms with Crippen molar-refractivity contribution in [3.05, 3.63) is 11.8 Å². The van der Waals surface area contributed by atoms with E-state index in [4.69, 9.17) is 4.74 Å². The van der Waals surface area contributed by atoms with Crippen LogP contribution in [0.2, 0.25) is 0 Å². The highest BCUT2D eigenvalue weighted by atomic mass is 16.6. The van der Waals surface area contributed by atoms with Crippen LogP contribution in [0.25, 0.3) is 0 Å². The maximum Gasteiger partial charge on any atom is 0.361 e. The third kappa shape index (κ3) is 3.31. The Morgan fingerprint density at radius 2 is 2.07 bits per heavy atom. The first-order valence-corrected chi connectivity index (χ1v) is 4.81. The molecule has 0 aliphatic carbocycles. The van der Waals surface area contributed by atoms with E-state index in [1.54, 1.807) is 33.8 Å². The Kier molecular flexibility index (Phi) is 3.07. The van der Waals surface area contributed by atoms with Crippen LogP contribution in [0.1, 0.15) is 34.1 Å². The molecule has 1 aliphatic rings. The molecule has 0 aromatic heterocycles. The summed E-state index contributed by atoms with van der Waals surface area (Å²) in [4.78, 5) is 26.9. The Hall–Kier alpha value is -1.45. The van der Waals surface area contributed by atoms with Gasteiger partial charge in [-0.05, 0) is 27.7 Å². The van der Waals surface area contributed by atoms with Gasteiger partial charge in [-0.15, -0.1) is 0 Å². The van der Waals surface area contributed by atoms with Gasteiger partial charge in [-0.1, -0.05) is 6.08 Å². The SMILES string of the molecule is CC1=CCC(=O)C(C(=O)OC(C)(C)C)=N1. The van der Waals surface area contributed by atoms with E-state index in [1.807, 2.05) is 0 Å². The van der Waals surface area contributed by atoms with Gasteiger partial charge in [-0.3, -0.25) is 4.79 Å². The minimum absolute atomic E-state index is 0.0927. The van der Waals surface area contributed by atoms with Gasteiger partial charge in [0.1, 0.15) is 5.60 Å². The van der Waals surface area contributed by atoms with E-state index in [2.05, 4.69) is 4.99 Å². The number of ketones is 1. The van der Waals surface area contributed by atoms with Crippen LogP contribution in [0.3, 0.4) is 0 Å². The molecule has 4 heteroatoms. The molecule has 15 heavy (non-hydrogen) atoms. The van der Waals surface area contributed by atoms with Gasteiger partial charge < -0.3 is 4.74 Å². The number of nitrogens with zero attached hydrogens (tertiary/aromatic N) is 1. The Bertz CT molecular complexity index is 359. The number of hydrogen-bond donors (Lipinski definition) is 0. The fourth-order valence-electron chi connectivity index (χ4n) is 1.11. The van der Waals surface area contributed by atoms with Gasteiger partial charge in [-0.2, -0.15) is 0 Å². The van der Waals surface area contributed by atoms with Gasteiger partial charge in [0.25, 0.3) is 0 Å². The van der Waals surface area contributed by atoms with Crippen molar-refractivity contribution in [2.75, 3.05) is 0 Å². The fraction of sp³-hybridized carbons (Fsp3) is 0.545. The number of allylic oxidation sites excluding steroid dienone is 2. The van der Waals surface area contributed by atoms with Gasteiger partial charge in [0, 0.05) is 12.1 Å². The lowest BCUT2D eigenvalue weighted by atomic mass is 10.1. The van der Waals surface area contributed by atoms with Crippen LogP contribution < -0.4 is 0 Å². The highest BCUT2D eigenvalue weighted by molar-refractivity contribution is 6.65. The summed E-state index contributed by atoms with van der Waals surface area (Å²) in [5.41, 5.74) is -0.0185. The number of hydrogen-bond acceptors (Lipinski definition) is 4. The van der Waals surface area contributed by atoms with Crippen molar-refractivity contribution in [2.45, 2.75) is 39.7 Å². The van der Waals surface area contributed by atoms with Crippen LogP contribution >= 0.6 is 0 Å². The van der Waals surface area contributed by atoms with Crippen molar-refractivity contribution in [3.63, 3.8) is 0 Å². The molecule has 0 fully saturated rings. The number of Topliss-reactive ketones (excluding diaryl/α,β-unsaturated/α-hetero) is 1. The number of carbonyl (C=O) groups is 2. The largest absolute Gasteiger partial charge is 0.455 e. The van der Waals surface area contributed by atoms with Crippen molar-refractivity contribution in [1.29, 1.82) is 0 Å². The highest BCUT2D eigenvalue weighted by Crippen LogP contribution is 2.12. The minimum atomic E-state index is -0.639. The molecule has 1 rings (SSSR count). The molecular weight excluding hydrogens is 194 g/mol. The van der Waals surface area contributed by atoms with Gasteiger partial charge >= 0.3 is 5.97 Å². The van der Waals surface area contributed by atoms with Crippen molar-refractivity contribution < 1.29 is 14.3 Å². The lowest BCUT2D eigenvalue weighted by Crippen LogP contribution is -2.33. The van der Waals surface area contributed by atoms with E-state index < -0.39 is 11.6 Å². The van der Waals surface area contributed by atoms with Gasteiger partial charge in [-0.25, -0.2) is 9.79 Å². The van der Waals surface area contributed by atoms with Gasteiger partial charge in [0.15, 0.2) is 11.5 Å². The van der Waals surface area contributed by atoms with Crippen molar-refractivity contribution >= 4 is 17.5 Å². The molecule has 0 unspecified atom stereocenters. The lowest BCUT2D eigenvalue weighted by Gasteiger charge is -2.20. The number of carbonyl (C=O) groups excluding carboxylic acids is 2. The first kappa shape index (κ1) is 11.6. The molecule has 0 aromatic carbocycles. The molecule has 0 atom stereocenters. The smallest absolute Gasteiger partial charge is 0.361 e. The third-order valence-electron chi connectivity index (χ3n) is 1.73. The summed E-state index contributed by atoms with van der Waals surface area (Å²) in [7, 11) is 0. The maximum atomic E-state index is 11.6. The second kappa shape index (κ2) is 3.96. The molecule has 4 nitrogen and oxygen atoms in total. The highest BCUT2D eigenvalue weighted by Gasteiger charge is 2.27. The predicted molar refractivity (Wildman–Crippen MR) is 56.7 cm³/mol. The summed E-state index contributed by atoms with van der Waals surface area (Å²) in [6, 6.07) is 0. The second-order valence-corrected chi connectivity index (χ2v) is 4.44. The Labute approximate surface area is 89.0 Å². The summed E-state index contributed by atoms with van der Waals surface area (Å²) in [5, 5.41) is 0. The first-order valence-electron chi connectivity index (χ1n) is 4.81. The topological polar surface area (TPSA) is 55.7 Å². The molecule has 1 heterocycles. The zero-order valence-corrected chi connectivity index (χ0v) is 9.46. The van der Waals surface area contributed by atoms with E-state index in [-0.39, 0.29) is 17.9 Å².